The van der Waals surface area contributed by atoms with Gasteiger partial charge in [0.25, 0.3) is 0 Å². The lowest BCUT2D eigenvalue weighted by Crippen LogP contribution is -2.14. The van der Waals surface area contributed by atoms with Crippen LogP contribution in [0, 0.1) is 20.8 Å². The molecule has 0 N–H and O–H groups in total. The van der Waals surface area contributed by atoms with E-state index < -0.39 is 11.9 Å². The van der Waals surface area contributed by atoms with Gasteiger partial charge < -0.3 is 14.0 Å². The summed E-state index contributed by atoms with van der Waals surface area (Å²) in [7, 11) is 1.33. The van der Waals surface area contributed by atoms with Gasteiger partial charge in [-0.05, 0) is 63.2 Å². The number of nitrogens with zero attached hydrogens (tertiary/aromatic N) is 1. The molecule has 2 heterocycles. The number of hydrogen-bond acceptors (Lipinski definition) is 6. The van der Waals surface area contributed by atoms with E-state index in [2.05, 4.69) is 0 Å². The van der Waals surface area contributed by atoms with Crippen LogP contribution in [-0.2, 0) is 9.47 Å². The maximum absolute atomic E-state index is 12.6. The standard InChI is InChI=1S/C22H21NO5S/c1-13-11-18(19(24)12-28-22(26)20-10-5-14(2)29-20)15(3)23(13)17-8-6-16(7-9-17)21(25)27-4/h5-11H,12H2,1-4H3. The number of esters is 2. The van der Waals surface area contributed by atoms with Crippen molar-refractivity contribution >= 4 is 29.1 Å². The normalized spacial score (nSPS) is 10.6. The van der Waals surface area contributed by atoms with E-state index in [9.17, 15) is 14.4 Å². The summed E-state index contributed by atoms with van der Waals surface area (Å²) in [6.07, 6.45) is 0. The lowest BCUT2D eigenvalue weighted by atomic mass is 10.1. The van der Waals surface area contributed by atoms with Gasteiger partial charge in [0.1, 0.15) is 4.88 Å². The first-order chi connectivity index (χ1) is 13.8. The largest absolute Gasteiger partial charge is 0.465 e. The second-order valence-electron chi connectivity index (χ2n) is 6.57. The fourth-order valence-corrected chi connectivity index (χ4v) is 3.89. The van der Waals surface area contributed by atoms with E-state index in [4.69, 9.17) is 9.47 Å². The summed E-state index contributed by atoms with van der Waals surface area (Å²) in [4.78, 5) is 37.8. The third-order valence-electron chi connectivity index (χ3n) is 4.55. The van der Waals surface area contributed by atoms with Gasteiger partial charge in [0.15, 0.2) is 6.61 Å². The zero-order valence-corrected chi connectivity index (χ0v) is 17.5. The Balaban J connectivity index is 1.77. The molecule has 0 fully saturated rings. The highest BCUT2D eigenvalue weighted by atomic mass is 32.1. The molecule has 0 aliphatic carbocycles. The van der Waals surface area contributed by atoms with E-state index in [0.717, 1.165) is 22.0 Å². The van der Waals surface area contributed by atoms with Crippen molar-refractivity contribution < 1.29 is 23.9 Å². The lowest BCUT2D eigenvalue weighted by Gasteiger charge is -2.10. The number of aromatic nitrogens is 1. The summed E-state index contributed by atoms with van der Waals surface area (Å²) in [5.74, 6) is -1.17. The van der Waals surface area contributed by atoms with E-state index in [1.54, 1.807) is 36.4 Å². The fourth-order valence-electron chi connectivity index (χ4n) is 3.13. The molecule has 29 heavy (non-hydrogen) atoms. The number of rotatable bonds is 6. The van der Waals surface area contributed by atoms with Crippen LogP contribution in [0.25, 0.3) is 5.69 Å². The first-order valence-corrected chi connectivity index (χ1v) is 9.78. The van der Waals surface area contributed by atoms with E-state index in [1.807, 2.05) is 31.4 Å². The molecule has 0 amide bonds. The molecule has 0 aliphatic heterocycles. The van der Waals surface area contributed by atoms with Crippen LogP contribution >= 0.6 is 11.3 Å². The highest BCUT2D eigenvalue weighted by Gasteiger charge is 2.19. The van der Waals surface area contributed by atoms with Crippen LogP contribution in [0.5, 0.6) is 0 Å². The molecule has 0 bridgehead atoms. The number of hydrogen-bond donors (Lipinski definition) is 0. The van der Waals surface area contributed by atoms with Gasteiger partial charge in [-0.15, -0.1) is 11.3 Å². The van der Waals surface area contributed by atoms with Crippen molar-refractivity contribution in [1.82, 2.24) is 4.57 Å². The highest BCUT2D eigenvalue weighted by Crippen LogP contribution is 2.22. The molecule has 0 unspecified atom stereocenters. The van der Waals surface area contributed by atoms with Crippen molar-refractivity contribution in [3.05, 3.63) is 74.7 Å². The quantitative estimate of drug-likeness (QED) is 0.447. The van der Waals surface area contributed by atoms with Gasteiger partial charge in [0.05, 0.1) is 12.7 Å². The maximum Gasteiger partial charge on any atom is 0.348 e. The summed E-state index contributed by atoms with van der Waals surface area (Å²) >= 11 is 1.33. The first-order valence-electron chi connectivity index (χ1n) is 8.96. The monoisotopic (exact) mass is 411 g/mol. The second kappa shape index (κ2) is 8.45. The Kier molecular flexibility index (Phi) is 5.98. The number of Topliss-reactive ketones (excluding diaryl/α,β-unsaturated/α-hetero) is 1. The van der Waals surface area contributed by atoms with Crippen molar-refractivity contribution in [3.63, 3.8) is 0 Å². The molecule has 7 heteroatoms. The number of carbonyl (C=O) groups excluding carboxylic acids is 3. The molecule has 0 radical (unpaired) electrons. The number of ketones is 1. The fraction of sp³-hybridized carbons (Fsp3) is 0.227. The predicted molar refractivity (Wildman–Crippen MR) is 110 cm³/mol. The minimum absolute atomic E-state index is 0.267. The number of methoxy groups -OCH3 is 1. The third-order valence-corrected chi connectivity index (χ3v) is 5.53. The van der Waals surface area contributed by atoms with Crippen LogP contribution < -0.4 is 0 Å². The van der Waals surface area contributed by atoms with Gasteiger partial charge in [0.2, 0.25) is 5.78 Å². The second-order valence-corrected chi connectivity index (χ2v) is 7.86. The van der Waals surface area contributed by atoms with Crippen LogP contribution in [0.4, 0.5) is 0 Å². The summed E-state index contributed by atoms with van der Waals surface area (Å²) in [6, 6.07) is 12.2. The van der Waals surface area contributed by atoms with E-state index in [-0.39, 0.29) is 12.4 Å². The molecule has 6 nitrogen and oxygen atoms in total. The number of aryl methyl sites for hydroxylation is 2. The summed E-state index contributed by atoms with van der Waals surface area (Å²) in [5.41, 5.74) is 3.36. The van der Waals surface area contributed by atoms with Crippen molar-refractivity contribution in [2.75, 3.05) is 13.7 Å². The van der Waals surface area contributed by atoms with Gasteiger partial charge in [-0.1, -0.05) is 0 Å². The van der Waals surface area contributed by atoms with E-state index >= 15 is 0 Å². The van der Waals surface area contributed by atoms with Crippen LogP contribution in [0.1, 0.15) is 46.7 Å². The summed E-state index contributed by atoms with van der Waals surface area (Å²) in [5, 5.41) is 0. The molecular formula is C22H21NO5S. The molecule has 150 valence electrons. The molecule has 0 aliphatic rings. The van der Waals surface area contributed by atoms with Gasteiger partial charge in [0, 0.05) is 27.5 Å². The van der Waals surface area contributed by atoms with Crippen LogP contribution in [0.2, 0.25) is 0 Å². The number of carbonyl (C=O) groups is 3. The molecule has 2 aromatic heterocycles. The topological polar surface area (TPSA) is 74.6 Å². The smallest absolute Gasteiger partial charge is 0.348 e. The Hall–Kier alpha value is -3.19. The molecule has 0 saturated heterocycles. The Morgan fingerprint density at radius 2 is 1.66 bits per heavy atom. The van der Waals surface area contributed by atoms with Gasteiger partial charge in [-0.3, -0.25) is 4.79 Å². The predicted octanol–water partition coefficient (Wildman–Crippen LogP) is 4.29. The Morgan fingerprint density at radius 1 is 0.966 bits per heavy atom. The third kappa shape index (κ3) is 4.30. The average Bonchev–Trinajstić information content (AvgIpc) is 3.28. The highest BCUT2D eigenvalue weighted by molar-refractivity contribution is 7.13. The van der Waals surface area contributed by atoms with E-state index in [1.165, 1.54) is 18.4 Å². The number of ether oxygens (including phenoxy) is 2. The summed E-state index contributed by atoms with van der Waals surface area (Å²) < 4.78 is 11.8. The van der Waals surface area contributed by atoms with Crippen molar-refractivity contribution in [1.29, 1.82) is 0 Å². The Morgan fingerprint density at radius 3 is 2.24 bits per heavy atom. The van der Waals surface area contributed by atoms with Gasteiger partial charge in [-0.25, -0.2) is 9.59 Å². The summed E-state index contributed by atoms with van der Waals surface area (Å²) in [6.45, 7) is 5.30. The van der Waals surface area contributed by atoms with Crippen LogP contribution in [-0.4, -0.2) is 36.0 Å². The molecule has 0 atom stereocenters. The number of thiophene rings is 1. The molecular weight excluding hydrogens is 390 g/mol. The van der Waals surface area contributed by atoms with Crippen molar-refractivity contribution in [2.24, 2.45) is 0 Å². The zero-order chi connectivity index (χ0) is 21.1. The van der Waals surface area contributed by atoms with Gasteiger partial charge >= 0.3 is 11.9 Å². The average molecular weight is 411 g/mol. The maximum atomic E-state index is 12.6. The molecule has 0 spiro atoms. The SMILES string of the molecule is COC(=O)c1ccc(-n2c(C)cc(C(=O)COC(=O)c3ccc(C)s3)c2C)cc1. The van der Waals surface area contributed by atoms with E-state index in [0.29, 0.717) is 16.0 Å². The Bertz CT molecular complexity index is 1080. The minimum Gasteiger partial charge on any atom is -0.465 e. The Labute approximate surface area is 172 Å². The lowest BCUT2D eigenvalue weighted by molar-refractivity contribution is 0.0479. The first kappa shape index (κ1) is 20.5. The minimum atomic E-state index is -0.497. The molecule has 1 aromatic carbocycles. The molecule has 3 aromatic rings. The van der Waals surface area contributed by atoms with Crippen molar-refractivity contribution in [3.8, 4) is 5.69 Å². The number of benzene rings is 1. The molecule has 3 rings (SSSR count). The van der Waals surface area contributed by atoms with Crippen LogP contribution in [0.3, 0.4) is 0 Å². The van der Waals surface area contributed by atoms with Gasteiger partial charge in [-0.2, -0.15) is 0 Å². The zero-order valence-electron chi connectivity index (χ0n) is 16.6. The van der Waals surface area contributed by atoms with Crippen molar-refractivity contribution in [2.45, 2.75) is 20.8 Å². The van der Waals surface area contributed by atoms with Crippen LogP contribution in [0.15, 0.2) is 42.5 Å². The molecule has 0 saturated carbocycles.